The van der Waals surface area contributed by atoms with Crippen LogP contribution in [-0.2, 0) is 17.6 Å². The van der Waals surface area contributed by atoms with Crippen LogP contribution in [0.1, 0.15) is 49.9 Å². The van der Waals surface area contributed by atoms with Gasteiger partial charge < -0.3 is 4.74 Å². The molecule has 16 heavy (non-hydrogen) atoms. The molecule has 1 aromatic heterocycles. The van der Waals surface area contributed by atoms with E-state index in [0.717, 1.165) is 24.1 Å². The Morgan fingerprint density at radius 3 is 2.81 bits per heavy atom. The van der Waals surface area contributed by atoms with Gasteiger partial charge in [0.15, 0.2) is 5.82 Å². The Morgan fingerprint density at radius 1 is 1.31 bits per heavy atom. The fourth-order valence-corrected chi connectivity index (χ4v) is 2.36. The molecule has 1 atom stereocenters. The molecule has 0 aromatic carbocycles. The number of halogens is 1. The Kier molecular flexibility index (Phi) is 3.77. The molecule has 3 nitrogen and oxygen atoms in total. The van der Waals surface area contributed by atoms with Crippen molar-refractivity contribution in [3.63, 3.8) is 0 Å². The third-order valence-corrected chi connectivity index (χ3v) is 3.24. The third-order valence-electron chi connectivity index (χ3n) is 2.93. The van der Waals surface area contributed by atoms with Crippen molar-refractivity contribution in [3.05, 3.63) is 22.2 Å². The average molecular weight is 241 g/mol. The second-order valence-corrected chi connectivity index (χ2v) is 4.46. The van der Waals surface area contributed by atoms with Crippen molar-refractivity contribution in [1.82, 2.24) is 9.97 Å². The lowest BCUT2D eigenvalue weighted by molar-refractivity contribution is 0.0698. The van der Waals surface area contributed by atoms with Crippen molar-refractivity contribution in [2.75, 3.05) is 6.61 Å². The fourth-order valence-electron chi connectivity index (χ4n) is 2.07. The van der Waals surface area contributed by atoms with Crippen LogP contribution in [0.15, 0.2) is 0 Å². The minimum absolute atomic E-state index is 0.0743. The van der Waals surface area contributed by atoms with E-state index in [0.29, 0.717) is 17.6 Å². The van der Waals surface area contributed by atoms with Crippen LogP contribution in [0.5, 0.6) is 0 Å². The Labute approximate surface area is 101 Å². The van der Waals surface area contributed by atoms with E-state index in [1.54, 1.807) is 0 Å². The number of nitrogens with zero attached hydrogens (tertiary/aromatic N) is 2. The molecule has 0 radical (unpaired) electrons. The molecule has 1 aliphatic carbocycles. The first-order chi connectivity index (χ1) is 7.72. The van der Waals surface area contributed by atoms with Crippen LogP contribution in [0.3, 0.4) is 0 Å². The van der Waals surface area contributed by atoms with Crippen molar-refractivity contribution >= 4 is 11.6 Å². The summed E-state index contributed by atoms with van der Waals surface area (Å²) in [6.07, 6.45) is 4.34. The van der Waals surface area contributed by atoms with Gasteiger partial charge >= 0.3 is 0 Å². The normalized spacial score (nSPS) is 16.9. The van der Waals surface area contributed by atoms with Crippen molar-refractivity contribution in [2.45, 2.75) is 45.6 Å². The molecule has 0 aliphatic heterocycles. The summed E-state index contributed by atoms with van der Waals surface area (Å²) >= 11 is 6.18. The lowest BCUT2D eigenvalue weighted by Gasteiger charge is -2.18. The predicted octanol–water partition coefficient (Wildman–Crippen LogP) is 3.11. The highest BCUT2D eigenvalue weighted by Crippen LogP contribution is 2.27. The Hall–Kier alpha value is -0.670. The lowest BCUT2D eigenvalue weighted by atomic mass is 9.97. The molecule has 1 unspecified atom stereocenters. The highest BCUT2D eigenvalue weighted by Gasteiger charge is 2.19. The van der Waals surface area contributed by atoms with Crippen molar-refractivity contribution < 1.29 is 4.74 Å². The summed E-state index contributed by atoms with van der Waals surface area (Å²) in [7, 11) is 0. The first-order valence-corrected chi connectivity index (χ1v) is 6.27. The second kappa shape index (κ2) is 5.11. The molecule has 2 rings (SSSR count). The monoisotopic (exact) mass is 240 g/mol. The number of ether oxygens (including phenoxy) is 1. The number of aromatic nitrogens is 2. The summed E-state index contributed by atoms with van der Waals surface area (Å²) in [5, 5.41) is 0.617. The maximum absolute atomic E-state index is 6.18. The lowest BCUT2D eigenvalue weighted by Crippen LogP contribution is -2.13. The van der Waals surface area contributed by atoms with E-state index in [4.69, 9.17) is 16.3 Å². The van der Waals surface area contributed by atoms with Gasteiger partial charge in [-0.3, -0.25) is 0 Å². The number of hydrogen-bond donors (Lipinski definition) is 0. The second-order valence-electron chi connectivity index (χ2n) is 4.10. The Morgan fingerprint density at radius 2 is 2.06 bits per heavy atom. The van der Waals surface area contributed by atoms with Gasteiger partial charge in [0, 0.05) is 17.9 Å². The van der Waals surface area contributed by atoms with Crippen LogP contribution < -0.4 is 0 Å². The zero-order chi connectivity index (χ0) is 11.5. The maximum atomic E-state index is 6.18. The number of fused-ring (bicyclic) bond motifs is 1. The summed E-state index contributed by atoms with van der Waals surface area (Å²) in [5.41, 5.74) is 2.26. The summed E-state index contributed by atoms with van der Waals surface area (Å²) in [6, 6.07) is 0. The van der Waals surface area contributed by atoms with Gasteiger partial charge in [0.05, 0.1) is 0 Å². The highest BCUT2D eigenvalue weighted by atomic mass is 35.5. The molecule has 4 heteroatoms. The van der Waals surface area contributed by atoms with E-state index in [1.807, 2.05) is 13.8 Å². The quantitative estimate of drug-likeness (QED) is 0.762. The van der Waals surface area contributed by atoms with E-state index in [9.17, 15) is 0 Å². The van der Waals surface area contributed by atoms with Gasteiger partial charge in [0.1, 0.15) is 11.3 Å². The molecule has 0 N–H and O–H groups in total. The number of rotatable bonds is 3. The molecule has 0 bridgehead atoms. The largest absolute Gasteiger partial charge is 0.371 e. The summed E-state index contributed by atoms with van der Waals surface area (Å²) in [5.74, 6) is 0.715. The Balaban J connectivity index is 2.31. The van der Waals surface area contributed by atoms with Gasteiger partial charge in [0.25, 0.3) is 0 Å². The van der Waals surface area contributed by atoms with Gasteiger partial charge in [-0.25, -0.2) is 9.97 Å². The predicted molar refractivity (Wildman–Crippen MR) is 63.7 cm³/mol. The topological polar surface area (TPSA) is 35.0 Å². The molecule has 0 fully saturated rings. The fraction of sp³-hybridized carbons (Fsp3) is 0.667. The molecule has 0 amide bonds. The zero-order valence-corrected chi connectivity index (χ0v) is 10.5. The third kappa shape index (κ3) is 2.36. The van der Waals surface area contributed by atoms with Gasteiger partial charge in [0.2, 0.25) is 0 Å². The summed E-state index contributed by atoms with van der Waals surface area (Å²) in [6.45, 7) is 4.60. The van der Waals surface area contributed by atoms with Gasteiger partial charge in [-0.1, -0.05) is 11.6 Å². The van der Waals surface area contributed by atoms with E-state index in [-0.39, 0.29) is 6.10 Å². The smallest absolute Gasteiger partial charge is 0.158 e. The van der Waals surface area contributed by atoms with Gasteiger partial charge in [-0.15, -0.1) is 0 Å². The first kappa shape index (κ1) is 11.8. The standard InChI is InChI=1S/C12H17ClN2O/c1-3-16-8(2)12-14-10-7-5-4-6-9(10)11(13)15-12/h8H,3-7H2,1-2H3. The van der Waals surface area contributed by atoms with Crippen molar-refractivity contribution in [1.29, 1.82) is 0 Å². The average Bonchev–Trinajstić information content (AvgIpc) is 2.29. The molecule has 0 saturated carbocycles. The number of aryl methyl sites for hydroxylation is 1. The van der Waals surface area contributed by atoms with E-state index >= 15 is 0 Å². The zero-order valence-electron chi connectivity index (χ0n) is 9.79. The molecular weight excluding hydrogens is 224 g/mol. The minimum Gasteiger partial charge on any atom is -0.371 e. The first-order valence-electron chi connectivity index (χ1n) is 5.89. The number of hydrogen-bond acceptors (Lipinski definition) is 3. The SMILES string of the molecule is CCOC(C)c1nc(Cl)c2c(n1)CCCC2. The minimum atomic E-state index is -0.0743. The van der Waals surface area contributed by atoms with E-state index in [2.05, 4.69) is 9.97 Å². The van der Waals surface area contributed by atoms with Crippen LogP contribution in [0.4, 0.5) is 0 Å². The molecule has 1 aromatic rings. The molecule has 88 valence electrons. The van der Waals surface area contributed by atoms with Crippen LogP contribution in [0, 0.1) is 0 Å². The molecule has 0 spiro atoms. The van der Waals surface area contributed by atoms with Crippen molar-refractivity contribution in [2.24, 2.45) is 0 Å². The van der Waals surface area contributed by atoms with Crippen LogP contribution in [0.25, 0.3) is 0 Å². The molecule has 1 heterocycles. The van der Waals surface area contributed by atoms with Crippen LogP contribution in [-0.4, -0.2) is 16.6 Å². The van der Waals surface area contributed by atoms with Crippen LogP contribution >= 0.6 is 11.6 Å². The van der Waals surface area contributed by atoms with Crippen LogP contribution in [0.2, 0.25) is 5.15 Å². The van der Waals surface area contributed by atoms with Gasteiger partial charge in [-0.05, 0) is 39.5 Å². The molecular formula is C12H17ClN2O. The Bertz CT molecular complexity index is 382. The summed E-state index contributed by atoms with van der Waals surface area (Å²) in [4.78, 5) is 8.91. The summed E-state index contributed by atoms with van der Waals surface area (Å²) < 4.78 is 5.49. The highest BCUT2D eigenvalue weighted by molar-refractivity contribution is 6.30. The van der Waals surface area contributed by atoms with E-state index < -0.39 is 0 Å². The van der Waals surface area contributed by atoms with E-state index in [1.165, 1.54) is 12.8 Å². The molecule has 1 aliphatic rings. The maximum Gasteiger partial charge on any atom is 0.158 e. The van der Waals surface area contributed by atoms with Gasteiger partial charge in [-0.2, -0.15) is 0 Å². The molecule has 0 saturated heterocycles. The van der Waals surface area contributed by atoms with Crippen molar-refractivity contribution in [3.8, 4) is 0 Å².